The number of anilines is 1. The molecule has 0 unspecified atom stereocenters. The number of hydrogen-bond donors (Lipinski definition) is 1. The summed E-state index contributed by atoms with van der Waals surface area (Å²) in [4.78, 5) is 13.5. The zero-order valence-electron chi connectivity index (χ0n) is 12.6. The van der Waals surface area contributed by atoms with Crippen LogP contribution < -0.4 is 5.32 Å². The number of nitrogens with zero attached hydrogens (tertiary/aromatic N) is 3. The lowest BCUT2D eigenvalue weighted by atomic mass is 10.1. The van der Waals surface area contributed by atoms with E-state index in [0.717, 1.165) is 46.3 Å². The average molecular weight is 300 g/mol. The molecule has 4 aromatic rings. The minimum Gasteiger partial charge on any atom is -0.370 e. The van der Waals surface area contributed by atoms with Crippen LogP contribution in [0.15, 0.2) is 67.0 Å². The normalized spacial score (nSPS) is 11.0. The number of benzene rings is 1. The first-order valence-corrected chi connectivity index (χ1v) is 7.68. The Bertz CT molecular complexity index is 951. The maximum Gasteiger partial charge on any atom is 0.126 e. The molecule has 0 radical (unpaired) electrons. The SMILES string of the molecule is c1ccc(CCNc2ccc3ccc4cccnc4c3n2)nc1. The van der Waals surface area contributed by atoms with Crippen LogP contribution in [0.2, 0.25) is 0 Å². The molecule has 0 aliphatic heterocycles. The zero-order chi connectivity index (χ0) is 15.5. The number of aromatic nitrogens is 3. The van der Waals surface area contributed by atoms with Crippen LogP contribution in [0.4, 0.5) is 5.82 Å². The van der Waals surface area contributed by atoms with E-state index in [1.165, 1.54) is 0 Å². The van der Waals surface area contributed by atoms with Crippen LogP contribution in [0.1, 0.15) is 5.69 Å². The van der Waals surface area contributed by atoms with Gasteiger partial charge in [-0.05, 0) is 30.3 Å². The molecule has 3 aromatic heterocycles. The quantitative estimate of drug-likeness (QED) is 0.582. The van der Waals surface area contributed by atoms with Crippen molar-refractivity contribution in [3.8, 4) is 0 Å². The predicted octanol–water partition coefficient (Wildman–Crippen LogP) is 3.83. The third-order valence-electron chi connectivity index (χ3n) is 3.85. The van der Waals surface area contributed by atoms with Crippen LogP contribution in [-0.2, 0) is 6.42 Å². The first-order valence-electron chi connectivity index (χ1n) is 7.68. The highest BCUT2D eigenvalue weighted by Gasteiger charge is 2.04. The molecule has 0 saturated heterocycles. The van der Waals surface area contributed by atoms with Crippen molar-refractivity contribution in [3.63, 3.8) is 0 Å². The maximum absolute atomic E-state index is 4.74. The standard InChI is InChI=1S/C19H16N4/c1-2-11-20-16(5-1)10-13-21-17-9-8-15-7-6-14-4-3-12-22-18(14)19(15)23-17/h1-9,11-12H,10,13H2,(H,21,23). The van der Waals surface area contributed by atoms with E-state index < -0.39 is 0 Å². The number of fused-ring (bicyclic) bond motifs is 3. The second kappa shape index (κ2) is 6.01. The summed E-state index contributed by atoms with van der Waals surface area (Å²) >= 11 is 0. The van der Waals surface area contributed by atoms with Gasteiger partial charge in [0.05, 0.1) is 11.0 Å². The molecule has 112 valence electrons. The summed E-state index contributed by atoms with van der Waals surface area (Å²) in [5.41, 5.74) is 2.96. The summed E-state index contributed by atoms with van der Waals surface area (Å²) in [5.74, 6) is 0.867. The molecule has 0 spiro atoms. The molecule has 23 heavy (non-hydrogen) atoms. The van der Waals surface area contributed by atoms with Gasteiger partial charge in [-0.1, -0.05) is 24.3 Å². The highest BCUT2D eigenvalue weighted by atomic mass is 15.0. The average Bonchev–Trinajstić information content (AvgIpc) is 2.62. The fraction of sp³-hybridized carbons (Fsp3) is 0.105. The molecule has 0 amide bonds. The van der Waals surface area contributed by atoms with Crippen LogP contribution in [0.25, 0.3) is 21.8 Å². The topological polar surface area (TPSA) is 50.7 Å². The van der Waals surface area contributed by atoms with Gasteiger partial charge in [0.15, 0.2) is 0 Å². The van der Waals surface area contributed by atoms with E-state index in [1.807, 2.05) is 42.7 Å². The summed E-state index contributed by atoms with van der Waals surface area (Å²) in [7, 11) is 0. The molecular formula is C19H16N4. The zero-order valence-corrected chi connectivity index (χ0v) is 12.6. The summed E-state index contributed by atoms with van der Waals surface area (Å²) in [6.45, 7) is 0.799. The molecule has 0 atom stereocenters. The minimum atomic E-state index is 0.799. The maximum atomic E-state index is 4.74. The molecule has 0 saturated carbocycles. The van der Waals surface area contributed by atoms with Gasteiger partial charge in [-0.25, -0.2) is 4.98 Å². The largest absolute Gasteiger partial charge is 0.370 e. The van der Waals surface area contributed by atoms with Crippen LogP contribution in [-0.4, -0.2) is 21.5 Å². The van der Waals surface area contributed by atoms with Crippen molar-refractivity contribution in [1.82, 2.24) is 15.0 Å². The molecule has 1 N–H and O–H groups in total. The highest BCUT2D eigenvalue weighted by Crippen LogP contribution is 2.23. The van der Waals surface area contributed by atoms with E-state index in [2.05, 4.69) is 39.6 Å². The van der Waals surface area contributed by atoms with Crippen molar-refractivity contribution in [2.24, 2.45) is 0 Å². The molecule has 0 fully saturated rings. The molecule has 4 rings (SSSR count). The molecular weight excluding hydrogens is 284 g/mol. The Hall–Kier alpha value is -3.01. The summed E-state index contributed by atoms with van der Waals surface area (Å²) < 4.78 is 0. The Balaban J connectivity index is 1.59. The van der Waals surface area contributed by atoms with Crippen molar-refractivity contribution >= 4 is 27.6 Å². The van der Waals surface area contributed by atoms with E-state index >= 15 is 0 Å². The Kier molecular flexibility index (Phi) is 3.56. The van der Waals surface area contributed by atoms with Gasteiger partial charge in [-0.15, -0.1) is 0 Å². The lowest BCUT2D eigenvalue weighted by molar-refractivity contribution is 0.956. The van der Waals surface area contributed by atoms with E-state index in [1.54, 1.807) is 0 Å². The van der Waals surface area contributed by atoms with Crippen molar-refractivity contribution in [1.29, 1.82) is 0 Å². The second-order valence-corrected chi connectivity index (χ2v) is 5.41. The van der Waals surface area contributed by atoms with Gasteiger partial charge < -0.3 is 5.32 Å². The van der Waals surface area contributed by atoms with Crippen molar-refractivity contribution < 1.29 is 0 Å². The van der Waals surface area contributed by atoms with E-state index in [0.29, 0.717) is 0 Å². The van der Waals surface area contributed by atoms with E-state index in [-0.39, 0.29) is 0 Å². The first-order chi connectivity index (χ1) is 11.4. The van der Waals surface area contributed by atoms with Crippen LogP contribution in [0.3, 0.4) is 0 Å². The summed E-state index contributed by atoms with van der Waals surface area (Å²) in [6, 6.07) is 18.2. The molecule has 3 heterocycles. The summed E-state index contributed by atoms with van der Waals surface area (Å²) in [6.07, 6.45) is 4.50. The van der Waals surface area contributed by atoms with Gasteiger partial charge >= 0.3 is 0 Å². The monoisotopic (exact) mass is 300 g/mol. The van der Waals surface area contributed by atoms with Gasteiger partial charge in [-0.2, -0.15) is 0 Å². The van der Waals surface area contributed by atoms with Gasteiger partial charge in [0, 0.05) is 41.8 Å². The van der Waals surface area contributed by atoms with Gasteiger partial charge in [-0.3, -0.25) is 9.97 Å². The fourth-order valence-corrected chi connectivity index (χ4v) is 2.69. The predicted molar refractivity (Wildman–Crippen MR) is 93.5 cm³/mol. The fourth-order valence-electron chi connectivity index (χ4n) is 2.69. The van der Waals surface area contributed by atoms with Crippen LogP contribution in [0.5, 0.6) is 0 Å². The third-order valence-corrected chi connectivity index (χ3v) is 3.85. The Morgan fingerprint density at radius 1 is 0.739 bits per heavy atom. The molecule has 1 aromatic carbocycles. The Labute approximate surface area is 134 Å². The van der Waals surface area contributed by atoms with E-state index in [4.69, 9.17) is 4.98 Å². The van der Waals surface area contributed by atoms with Gasteiger partial charge in [0.1, 0.15) is 5.82 Å². The smallest absolute Gasteiger partial charge is 0.126 e. The highest BCUT2D eigenvalue weighted by molar-refractivity contribution is 6.03. The van der Waals surface area contributed by atoms with Gasteiger partial charge in [0.25, 0.3) is 0 Å². The molecule has 0 aliphatic carbocycles. The van der Waals surface area contributed by atoms with Crippen molar-refractivity contribution in [2.45, 2.75) is 6.42 Å². The molecule has 0 aliphatic rings. The number of nitrogens with one attached hydrogen (secondary N) is 1. The lowest BCUT2D eigenvalue weighted by Gasteiger charge is -2.08. The number of pyridine rings is 3. The Morgan fingerprint density at radius 2 is 1.57 bits per heavy atom. The number of rotatable bonds is 4. The van der Waals surface area contributed by atoms with Crippen molar-refractivity contribution in [2.75, 3.05) is 11.9 Å². The van der Waals surface area contributed by atoms with Crippen molar-refractivity contribution in [3.05, 3.63) is 72.7 Å². The first kappa shape index (κ1) is 13.6. The molecule has 0 bridgehead atoms. The second-order valence-electron chi connectivity index (χ2n) is 5.41. The van der Waals surface area contributed by atoms with Crippen LogP contribution >= 0.6 is 0 Å². The molecule has 4 nitrogen and oxygen atoms in total. The minimum absolute atomic E-state index is 0.799. The van der Waals surface area contributed by atoms with Gasteiger partial charge in [0.2, 0.25) is 0 Å². The summed E-state index contributed by atoms with van der Waals surface area (Å²) in [5, 5.41) is 5.58. The van der Waals surface area contributed by atoms with Crippen LogP contribution in [0, 0.1) is 0 Å². The Morgan fingerprint density at radius 3 is 2.43 bits per heavy atom. The van der Waals surface area contributed by atoms with E-state index in [9.17, 15) is 0 Å². The molecule has 4 heteroatoms. The number of hydrogen-bond acceptors (Lipinski definition) is 4. The third kappa shape index (κ3) is 2.83. The lowest BCUT2D eigenvalue weighted by Crippen LogP contribution is -2.07.